The first-order valence-corrected chi connectivity index (χ1v) is 6.64. The van der Waals surface area contributed by atoms with E-state index in [0.29, 0.717) is 11.3 Å². The molecule has 0 spiro atoms. The maximum atomic E-state index is 5.93. The molecular weight excluding hydrogens is 234 g/mol. The van der Waals surface area contributed by atoms with Crippen molar-refractivity contribution in [3.8, 4) is 0 Å². The molecule has 2 nitrogen and oxygen atoms in total. The SMILES string of the molecule is Clc1occ2cc(NC3CCCCC3)ccc12. The molecular formula is C14H16ClNO. The van der Waals surface area contributed by atoms with Gasteiger partial charge in [-0.3, -0.25) is 0 Å². The molecule has 90 valence electrons. The molecule has 0 radical (unpaired) electrons. The largest absolute Gasteiger partial charge is 0.452 e. The van der Waals surface area contributed by atoms with E-state index < -0.39 is 0 Å². The summed E-state index contributed by atoms with van der Waals surface area (Å²) >= 11 is 5.93. The van der Waals surface area contributed by atoms with Crippen LogP contribution in [0.1, 0.15) is 32.1 Å². The smallest absolute Gasteiger partial charge is 0.200 e. The summed E-state index contributed by atoms with van der Waals surface area (Å²) in [4.78, 5) is 0. The van der Waals surface area contributed by atoms with Crippen molar-refractivity contribution in [2.45, 2.75) is 38.1 Å². The molecule has 0 amide bonds. The molecule has 1 aromatic carbocycles. The van der Waals surface area contributed by atoms with Gasteiger partial charge >= 0.3 is 0 Å². The van der Waals surface area contributed by atoms with Crippen molar-refractivity contribution in [2.24, 2.45) is 0 Å². The Hall–Kier alpha value is -1.15. The van der Waals surface area contributed by atoms with E-state index in [4.69, 9.17) is 16.0 Å². The molecule has 1 aliphatic carbocycles. The fourth-order valence-electron chi connectivity index (χ4n) is 2.59. The van der Waals surface area contributed by atoms with Crippen LogP contribution in [-0.4, -0.2) is 6.04 Å². The summed E-state index contributed by atoms with van der Waals surface area (Å²) in [6, 6.07) is 6.84. The molecule has 1 aliphatic rings. The van der Waals surface area contributed by atoms with Crippen LogP contribution in [0.4, 0.5) is 5.69 Å². The molecule has 1 aromatic heterocycles. The Labute approximate surface area is 106 Å². The number of rotatable bonds is 2. The van der Waals surface area contributed by atoms with Crippen molar-refractivity contribution < 1.29 is 4.42 Å². The van der Waals surface area contributed by atoms with Gasteiger partial charge in [-0.1, -0.05) is 19.3 Å². The second kappa shape index (κ2) is 4.61. The molecule has 0 bridgehead atoms. The van der Waals surface area contributed by atoms with Gasteiger partial charge in [-0.15, -0.1) is 0 Å². The summed E-state index contributed by atoms with van der Waals surface area (Å²) in [6.45, 7) is 0. The molecule has 0 aliphatic heterocycles. The highest BCUT2D eigenvalue weighted by atomic mass is 35.5. The third kappa shape index (κ3) is 2.27. The molecule has 0 unspecified atom stereocenters. The summed E-state index contributed by atoms with van der Waals surface area (Å²) < 4.78 is 5.20. The molecule has 1 N–H and O–H groups in total. The van der Waals surface area contributed by atoms with Crippen molar-refractivity contribution in [1.29, 1.82) is 0 Å². The van der Waals surface area contributed by atoms with Gasteiger partial charge in [0.1, 0.15) is 6.26 Å². The second-order valence-electron chi connectivity index (χ2n) is 4.79. The summed E-state index contributed by atoms with van der Waals surface area (Å²) in [6.07, 6.45) is 8.35. The number of fused-ring (bicyclic) bond motifs is 1. The Morgan fingerprint density at radius 1 is 1.18 bits per heavy atom. The fraction of sp³-hybridized carbons (Fsp3) is 0.429. The van der Waals surface area contributed by atoms with Gasteiger partial charge in [0.15, 0.2) is 0 Å². The first kappa shape index (κ1) is 11.0. The van der Waals surface area contributed by atoms with Crippen LogP contribution in [0.3, 0.4) is 0 Å². The highest BCUT2D eigenvalue weighted by molar-refractivity contribution is 6.33. The Morgan fingerprint density at radius 2 is 2.00 bits per heavy atom. The van der Waals surface area contributed by atoms with Crippen molar-refractivity contribution in [2.75, 3.05) is 5.32 Å². The first-order chi connectivity index (χ1) is 8.33. The standard InChI is InChI=1S/C14H16ClNO/c15-14-13-7-6-12(8-10(13)9-17-14)16-11-4-2-1-3-5-11/h6-9,11,16H,1-5H2. The number of halogens is 1. The maximum Gasteiger partial charge on any atom is 0.200 e. The van der Waals surface area contributed by atoms with Crippen molar-refractivity contribution in [3.05, 3.63) is 29.7 Å². The summed E-state index contributed by atoms with van der Waals surface area (Å²) in [7, 11) is 0. The Bertz CT molecular complexity index is 514. The van der Waals surface area contributed by atoms with E-state index in [1.807, 2.05) is 6.07 Å². The summed E-state index contributed by atoms with van der Waals surface area (Å²) in [5, 5.41) is 6.13. The predicted octanol–water partition coefficient (Wildman–Crippen LogP) is 4.83. The van der Waals surface area contributed by atoms with Crippen LogP contribution in [0.25, 0.3) is 10.8 Å². The average Bonchev–Trinajstić information content (AvgIpc) is 2.72. The minimum absolute atomic E-state index is 0.476. The van der Waals surface area contributed by atoms with Crippen LogP contribution < -0.4 is 5.32 Å². The lowest BCUT2D eigenvalue weighted by molar-refractivity contribution is 0.463. The van der Waals surface area contributed by atoms with Gasteiger partial charge in [-0.05, 0) is 42.6 Å². The predicted molar refractivity (Wildman–Crippen MR) is 71.7 cm³/mol. The van der Waals surface area contributed by atoms with E-state index in [2.05, 4.69) is 17.4 Å². The zero-order valence-corrected chi connectivity index (χ0v) is 10.5. The van der Waals surface area contributed by atoms with Crippen LogP contribution in [-0.2, 0) is 0 Å². The van der Waals surface area contributed by atoms with Gasteiger partial charge in [0.2, 0.25) is 5.22 Å². The normalized spacial score (nSPS) is 17.5. The van der Waals surface area contributed by atoms with Crippen molar-refractivity contribution in [1.82, 2.24) is 0 Å². The van der Waals surface area contributed by atoms with Crippen LogP contribution in [0.2, 0.25) is 5.22 Å². The zero-order chi connectivity index (χ0) is 11.7. The lowest BCUT2D eigenvalue weighted by atomic mass is 9.95. The molecule has 0 atom stereocenters. The second-order valence-corrected chi connectivity index (χ2v) is 5.13. The average molecular weight is 250 g/mol. The minimum Gasteiger partial charge on any atom is -0.452 e. The molecule has 1 saturated carbocycles. The molecule has 17 heavy (non-hydrogen) atoms. The van der Waals surface area contributed by atoms with Crippen LogP contribution >= 0.6 is 11.6 Å². The van der Waals surface area contributed by atoms with Crippen molar-refractivity contribution >= 4 is 28.1 Å². The Kier molecular flexibility index (Phi) is 2.98. The minimum atomic E-state index is 0.476. The van der Waals surface area contributed by atoms with E-state index in [1.54, 1.807) is 6.26 Å². The number of benzene rings is 1. The van der Waals surface area contributed by atoms with Crippen LogP contribution in [0.5, 0.6) is 0 Å². The van der Waals surface area contributed by atoms with E-state index in [9.17, 15) is 0 Å². The van der Waals surface area contributed by atoms with Gasteiger partial charge in [-0.2, -0.15) is 0 Å². The van der Waals surface area contributed by atoms with Crippen LogP contribution in [0.15, 0.2) is 28.9 Å². The molecule has 1 heterocycles. The third-order valence-electron chi connectivity index (χ3n) is 3.53. The maximum absolute atomic E-state index is 5.93. The molecule has 0 saturated heterocycles. The van der Waals surface area contributed by atoms with E-state index >= 15 is 0 Å². The van der Waals surface area contributed by atoms with E-state index in [1.165, 1.54) is 37.8 Å². The zero-order valence-electron chi connectivity index (χ0n) is 9.71. The van der Waals surface area contributed by atoms with E-state index in [0.717, 1.165) is 10.8 Å². The van der Waals surface area contributed by atoms with Gasteiger partial charge in [-0.25, -0.2) is 0 Å². The lowest BCUT2D eigenvalue weighted by Gasteiger charge is -2.23. The van der Waals surface area contributed by atoms with Gasteiger partial charge in [0.25, 0.3) is 0 Å². The third-order valence-corrected chi connectivity index (χ3v) is 3.82. The molecule has 3 rings (SSSR count). The summed E-state index contributed by atoms with van der Waals surface area (Å²) in [5.41, 5.74) is 1.17. The van der Waals surface area contributed by atoms with Gasteiger partial charge in [0, 0.05) is 22.5 Å². The highest BCUT2D eigenvalue weighted by Gasteiger charge is 2.13. The van der Waals surface area contributed by atoms with Gasteiger partial charge in [0.05, 0.1) is 0 Å². The fourth-order valence-corrected chi connectivity index (χ4v) is 2.81. The van der Waals surface area contributed by atoms with Crippen molar-refractivity contribution in [3.63, 3.8) is 0 Å². The molecule has 3 heteroatoms. The number of nitrogens with one attached hydrogen (secondary N) is 1. The number of furan rings is 1. The lowest BCUT2D eigenvalue weighted by Crippen LogP contribution is -2.22. The van der Waals surface area contributed by atoms with Crippen LogP contribution in [0, 0.1) is 0 Å². The Morgan fingerprint density at radius 3 is 2.82 bits per heavy atom. The van der Waals surface area contributed by atoms with Gasteiger partial charge < -0.3 is 9.73 Å². The number of hydrogen-bond donors (Lipinski definition) is 1. The Balaban J connectivity index is 1.80. The summed E-state index contributed by atoms with van der Waals surface area (Å²) in [5.74, 6) is 0. The number of anilines is 1. The highest BCUT2D eigenvalue weighted by Crippen LogP contribution is 2.29. The monoisotopic (exact) mass is 249 g/mol. The topological polar surface area (TPSA) is 25.2 Å². The quantitative estimate of drug-likeness (QED) is 0.825. The van der Waals surface area contributed by atoms with E-state index in [-0.39, 0.29) is 0 Å². The molecule has 2 aromatic rings. The molecule has 1 fully saturated rings. The first-order valence-electron chi connectivity index (χ1n) is 6.26. The number of hydrogen-bond acceptors (Lipinski definition) is 2.